The van der Waals surface area contributed by atoms with Gasteiger partial charge >= 0.3 is 0 Å². The number of nitrogens with zero attached hydrogens (tertiary/aromatic N) is 5. The zero-order chi connectivity index (χ0) is 47.6. The Morgan fingerprint density at radius 1 is 0.970 bits per heavy atom. The molecule has 67 heavy (non-hydrogen) atoms. The minimum atomic E-state index is -2.70. The number of allylic oxidation sites excluding steroid dienone is 1. The van der Waals surface area contributed by atoms with Crippen LogP contribution >= 0.6 is 0 Å². The molecule has 2 saturated heterocycles. The van der Waals surface area contributed by atoms with E-state index in [9.17, 15) is 32.8 Å². The summed E-state index contributed by atoms with van der Waals surface area (Å²) in [5.74, 6) is -1.10. The van der Waals surface area contributed by atoms with Crippen molar-refractivity contribution in [2.75, 3.05) is 56.5 Å². The summed E-state index contributed by atoms with van der Waals surface area (Å²) in [6.07, 6.45) is 10.1. The first-order valence-corrected chi connectivity index (χ1v) is 23.7. The Labute approximate surface area is 391 Å². The molecule has 0 radical (unpaired) electrons. The number of carbonyl (C=O) groups excluding carboxylic acids is 5. The number of pyridine rings is 1. The Morgan fingerprint density at radius 2 is 1.76 bits per heavy atom. The van der Waals surface area contributed by atoms with E-state index in [2.05, 4.69) is 43.1 Å². The van der Waals surface area contributed by atoms with E-state index in [0.29, 0.717) is 74.3 Å². The third-order valence-corrected chi connectivity index (χ3v) is 13.6. The van der Waals surface area contributed by atoms with Gasteiger partial charge in [0, 0.05) is 131 Å². The summed E-state index contributed by atoms with van der Waals surface area (Å²) < 4.78 is 29.2. The molecule has 17 heteroatoms. The average Bonchev–Trinajstić information content (AvgIpc) is 3.33. The second-order valence-electron chi connectivity index (χ2n) is 18.0. The highest BCUT2D eigenvalue weighted by molar-refractivity contribution is 6.11. The van der Waals surface area contributed by atoms with E-state index in [0.717, 1.165) is 85.0 Å². The number of hydrogen-bond donors (Lipinski definition) is 5. The fourth-order valence-electron chi connectivity index (χ4n) is 9.88. The molecule has 5 heterocycles. The topological polar surface area (TPSA) is 194 Å². The van der Waals surface area contributed by atoms with Gasteiger partial charge in [-0.05, 0) is 105 Å². The van der Waals surface area contributed by atoms with Crippen molar-refractivity contribution in [1.29, 1.82) is 0 Å². The van der Waals surface area contributed by atoms with Crippen LogP contribution in [-0.4, -0.2) is 115 Å². The number of piperidine rings is 2. The minimum Gasteiger partial charge on any atom is -0.404 e. The minimum absolute atomic E-state index is 0.00238. The Kier molecular flexibility index (Phi) is 16.2. The van der Waals surface area contributed by atoms with Crippen LogP contribution in [0.25, 0.3) is 16.5 Å². The van der Waals surface area contributed by atoms with Crippen LogP contribution in [0.1, 0.15) is 118 Å². The number of aliphatic imine (C=N–C) groups is 1. The molecule has 3 aromatic rings. The van der Waals surface area contributed by atoms with Crippen molar-refractivity contribution in [3.63, 3.8) is 0 Å². The number of hydrogen-bond acceptors (Lipinski definition) is 11. The number of rotatable bonds is 17. The molecular formula is C50H64F2N10O5. The Balaban J connectivity index is 0.885. The molecule has 7 rings (SSSR count). The fourth-order valence-corrected chi connectivity index (χ4v) is 9.88. The van der Waals surface area contributed by atoms with Gasteiger partial charge in [-0.1, -0.05) is 12.8 Å². The van der Waals surface area contributed by atoms with E-state index < -0.39 is 24.3 Å². The molecule has 4 aliphatic heterocycles. The molecule has 6 N–H and O–H groups in total. The maximum absolute atomic E-state index is 14.6. The van der Waals surface area contributed by atoms with Gasteiger partial charge < -0.3 is 36.4 Å². The maximum Gasteiger partial charge on any atom is 0.264 e. The van der Waals surface area contributed by atoms with Crippen molar-refractivity contribution in [2.24, 2.45) is 10.7 Å². The summed E-state index contributed by atoms with van der Waals surface area (Å²) >= 11 is 0. The van der Waals surface area contributed by atoms with Crippen LogP contribution < -0.4 is 31.9 Å². The van der Waals surface area contributed by atoms with Gasteiger partial charge in [0.25, 0.3) is 12.3 Å². The molecule has 2 aromatic carbocycles. The van der Waals surface area contributed by atoms with Crippen molar-refractivity contribution in [1.82, 2.24) is 30.7 Å². The summed E-state index contributed by atoms with van der Waals surface area (Å²) in [5, 5.41) is 13.1. The lowest BCUT2D eigenvalue weighted by Gasteiger charge is -2.42. The van der Waals surface area contributed by atoms with E-state index >= 15 is 0 Å². The Morgan fingerprint density at radius 3 is 2.49 bits per heavy atom. The molecule has 358 valence electrons. The molecule has 0 spiro atoms. The second-order valence-corrected chi connectivity index (χ2v) is 18.0. The zero-order valence-corrected chi connectivity index (χ0v) is 38.8. The van der Waals surface area contributed by atoms with Crippen LogP contribution in [0, 0.1) is 0 Å². The molecule has 0 saturated carbocycles. The van der Waals surface area contributed by atoms with Crippen LogP contribution in [-0.2, 0) is 25.6 Å². The summed E-state index contributed by atoms with van der Waals surface area (Å²) in [6, 6.07) is 9.93. The van der Waals surface area contributed by atoms with Crippen molar-refractivity contribution in [2.45, 2.75) is 115 Å². The lowest BCUT2D eigenvalue weighted by Crippen LogP contribution is -2.52. The lowest BCUT2D eigenvalue weighted by molar-refractivity contribution is -0.135. The number of carbonyl (C=O) groups is 5. The van der Waals surface area contributed by atoms with Gasteiger partial charge in [-0.3, -0.25) is 39.3 Å². The van der Waals surface area contributed by atoms with Crippen molar-refractivity contribution >= 4 is 63.6 Å². The van der Waals surface area contributed by atoms with Gasteiger partial charge in [0.1, 0.15) is 6.04 Å². The summed E-state index contributed by atoms with van der Waals surface area (Å²) in [5.41, 5.74) is 12.3. The summed E-state index contributed by atoms with van der Waals surface area (Å²) in [6.45, 7) is 7.49. The van der Waals surface area contributed by atoms with Crippen LogP contribution in [0.2, 0.25) is 0 Å². The first-order chi connectivity index (χ1) is 32.4. The first-order valence-electron chi connectivity index (χ1n) is 23.7. The highest BCUT2D eigenvalue weighted by Gasteiger charge is 2.34. The predicted molar refractivity (Wildman–Crippen MR) is 257 cm³/mol. The Hall–Kier alpha value is -6.39. The quantitative estimate of drug-likeness (QED) is 0.0610. The number of alkyl halides is 2. The number of nitrogens with two attached hydrogens (primary N) is 1. The molecule has 2 fully saturated rings. The molecule has 4 aliphatic rings. The number of halogens is 2. The number of aryl methyl sites for hydroxylation is 1. The molecule has 5 amide bonds. The number of aromatic nitrogens is 1. The van der Waals surface area contributed by atoms with Crippen molar-refractivity contribution in [3.8, 4) is 0 Å². The molecule has 1 aromatic heterocycles. The van der Waals surface area contributed by atoms with Gasteiger partial charge in [0.05, 0.1) is 17.1 Å². The zero-order valence-electron chi connectivity index (χ0n) is 38.8. The van der Waals surface area contributed by atoms with Crippen molar-refractivity contribution < 1.29 is 32.8 Å². The Bertz CT molecular complexity index is 2430. The normalized spacial score (nSPS) is 18.9. The van der Waals surface area contributed by atoms with Crippen molar-refractivity contribution in [3.05, 3.63) is 82.3 Å². The van der Waals surface area contributed by atoms with Gasteiger partial charge in [-0.2, -0.15) is 0 Å². The summed E-state index contributed by atoms with van der Waals surface area (Å²) in [7, 11) is 1.59. The largest absolute Gasteiger partial charge is 0.404 e. The number of imide groups is 1. The number of likely N-dealkylation sites (tertiary alicyclic amines) is 1. The highest BCUT2D eigenvalue weighted by atomic mass is 19.3. The summed E-state index contributed by atoms with van der Waals surface area (Å²) in [4.78, 5) is 77.4. The molecular weight excluding hydrogens is 859 g/mol. The molecule has 2 atom stereocenters. The standard InChI is InChI=1S/C50H64F2N10O5/c1-31(62-22-9-10-33-26-38(34(28-53)29-54-3)39(48(51)52)27-44(33)62)40-30-61(32(2)63)25-19-42(40)57-35-17-23-60(24-18-35)46(65)12-6-4-5-7-20-55-41-14-13-37(47-36(41)11-8-21-56-47)49(66)58-43-15-16-45(64)59-50(43)67/h8,11,13-14,21,26-29,31,35,43,48,55,57H,4-7,9-10,12,15-20,22-25,30,53H2,1-3H3,(H,58,66)(H,59,64,67). The molecule has 15 nitrogen and oxygen atoms in total. The number of unbranched alkanes of at least 4 members (excludes halogenated alkanes) is 3. The fraction of sp³-hybridized carbons (Fsp3) is 0.500. The van der Waals surface area contributed by atoms with Crippen LogP contribution in [0.15, 0.2) is 65.1 Å². The average molecular weight is 923 g/mol. The number of amides is 5. The predicted octanol–water partition coefficient (Wildman–Crippen LogP) is 6.00. The monoisotopic (exact) mass is 923 g/mol. The number of benzene rings is 2. The molecule has 0 bridgehead atoms. The van der Waals surface area contributed by atoms with E-state index in [1.165, 1.54) is 12.4 Å². The number of fused-ring (bicyclic) bond motifs is 2. The highest BCUT2D eigenvalue weighted by Crippen LogP contribution is 2.39. The molecule has 0 aliphatic carbocycles. The van der Waals surface area contributed by atoms with Gasteiger partial charge in [0.2, 0.25) is 23.6 Å². The number of nitrogens with one attached hydrogen (secondary N) is 4. The second kappa shape index (κ2) is 22.4. The SMILES string of the molecule is CN=CC(=CN)c1cc2c(cc1C(F)F)N(C(C)C1=C(NC3CCN(C(=O)CCCCCCNc4ccc(C(=O)NC5CCC(=O)NC5=O)c5ncccc45)CC3)CCN(C(C)=O)C1)CCC2. The molecule has 2 unspecified atom stereocenters. The first kappa shape index (κ1) is 48.5. The van der Waals surface area contributed by atoms with Crippen LogP contribution in [0.4, 0.5) is 20.2 Å². The lowest BCUT2D eigenvalue weighted by atomic mass is 9.90. The number of anilines is 2. The van der Waals surface area contributed by atoms with Gasteiger partial charge in [-0.15, -0.1) is 0 Å². The smallest absolute Gasteiger partial charge is 0.264 e. The third-order valence-electron chi connectivity index (χ3n) is 13.6. The van der Waals surface area contributed by atoms with Crippen LogP contribution in [0.5, 0.6) is 0 Å². The van der Waals surface area contributed by atoms with E-state index in [-0.39, 0.29) is 48.2 Å². The van der Waals surface area contributed by atoms with Gasteiger partial charge in [0.15, 0.2) is 0 Å². The third kappa shape index (κ3) is 11.6. The van der Waals surface area contributed by atoms with E-state index in [4.69, 9.17) is 5.73 Å². The van der Waals surface area contributed by atoms with E-state index in [1.807, 2.05) is 34.1 Å². The maximum atomic E-state index is 14.6. The van der Waals surface area contributed by atoms with Crippen LogP contribution in [0.3, 0.4) is 0 Å². The van der Waals surface area contributed by atoms with Gasteiger partial charge in [-0.25, -0.2) is 8.78 Å². The van der Waals surface area contributed by atoms with E-state index in [1.54, 1.807) is 32.3 Å².